The topological polar surface area (TPSA) is 85.2 Å². The molecule has 162 valence electrons. The molecule has 0 saturated heterocycles. The highest BCUT2D eigenvalue weighted by molar-refractivity contribution is 7.46. The molecule has 2 aromatic carbocycles. The van der Waals surface area contributed by atoms with Gasteiger partial charge < -0.3 is 19.3 Å². The predicted molar refractivity (Wildman–Crippen MR) is 117 cm³/mol. The van der Waals surface area contributed by atoms with Gasteiger partial charge in [-0.1, -0.05) is 50.1 Å². The molecule has 0 aromatic heterocycles. The van der Waals surface area contributed by atoms with Gasteiger partial charge in [-0.05, 0) is 37.5 Å². The van der Waals surface area contributed by atoms with E-state index in [1.54, 1.807) is 0 Å². The minimum Gasteiger partial charge on any atom is -0.462 e. The van der Waals surface area contributed by atoms with Crippen LogP contribution < -0.4 is 9.47 Å². The average Bonchev–Trinajstić information content (AvgIpc) is 2.59. The van der Waals surface area contributed by atoms with Crippen LogP contribution in [0.5, 0.6) is 11.5 Å². The van der Waals surface area contributed by atoms with Crippen LogP contribution >= 0.6 is 7.82 Å². The third-order valence-electron chi connectivity index (χ3n) is 4.87. The monoisotopic (exact) mass is 432 g/mol. The fourth-order valence-corrected chi connectivity index (χ4v) is 4.27. The molecule has 0 aliphatic carbocycles. The Labute approximate surface area is 177 Å². The summed E-state index contributed by atoms with van der Waals surface area (Å²) >= 11 is 0. The van der Waals surface area contributed by atoms with Crippen LogP contribution in [0.3, 0.4) is 0 Å². The minimum absolute atomic E-state index is 0.455. The molecular weight excluding hydrogens is 403 g/mol. The van der Waals surface area contributed by atoms with Crippen molar-refractivity contribution in [3.8, 4) is 22.6 Å². The van der Waals surface area contributed by atoms with Crippen LogP contribution in [-0.4, -0.2) is 15.6 Å². The molecule has 7 heteroatoms. The first kappa shape index (κ1) is 22.6. The van der Waals surface area contributed by atoms with Crippen molar-refractivity contribution in [1.29, 1.82) is 0 Å². The Morgan fingerprint density at radius 2 is 1.87 bits per heavy atom. The van der Waals surface area contributed by atoms with Crippen LogP contribution in [0.15, 0.2) is 36.9 Å². The summed E-state index contributed by atoms with van der Waals surface area (Å²) < 4.78 is 28.4. The van der Waals surface area contributed by atoms with Crippen molar-refractivity contribution in [2.75, 3.05) is 0 Å². The van der Waals surface area contributed by atoms with Gasteiger partial charge in [0.25, 0.3) is 0 Å². The lowest BCUT2D eigenvalue weighted by molar-refractivity contribution is -0.0956. The van der Waals surface area contributed by atoms with Gasteiger partial charge in [-0.15, -0.1) is 0 Å². The number of fused-ring (bicyclic) bond motifs is 3. The molecule has 0 fully saturated rings. The number of hydrogen-bond donors (Lipinski definition) is 2. The molecule has 30 heavy (non-hydrogen) atoms. The molecule has 2 aromatic rings. The van der Waals surface area contributed by atoms with Gasteiger partial charge in [-0.25, -0.2) is 9.09 Å². The number of benzene rings is 2. The zero-order valence-electron chi connectivity index (χ0n) is 17.9. The van der Waals surface area contributed by atoms with Crippen LogP contribution in [0.4, 0.5) is 0 Å². The molecule has 1 aliphatic heterocycles. The Morgan fingerprint density at radius 1 is 1.13 bits per heavy atom. The Kier molecular flexibility index (Phi) is 6.44. The van der Waals surface area contributed by atoms with Gasteiger partial charge >= 0.3 is 7.82 Å². The van der Waals surface area contributed by atoms with Crippen molar-refractivity contribution < 1.29 is 28.3 Å². The minimum atomic E-state index is -4.74. The number of rotatable bonds is 8. The van der Waals surface area contributed by atoms with Crippen molar-refractivity contribution in [2.24, 2.45) is 0 Å². The van der Waals surface area contributed by atoms with Crippen molar-refractivity contribution in [2.45, 2.75) is 59.2 Å². The van der Waals surface area contributed by atoms with E-state index < -0.39 is 13.6 Å². The van der Waals surface area contributed by atoms with Gasteiger partial charge in [0.2, 0.25) is 5.79 Å². The second kappa shape index (κ2) is 8.56. The summed E-state index contributed by atoms with van der Waals surface area (Å²) in [6, 6.07) is 9.86. The summed E-state index contributed by atoms with van der Waals surface area (Å²) in [7, 11) is -4.74. The standard InChI is InChI=1S/C23H29O6P/c1-6-7-8-9-17-13-20-22(19-12-15(2)10-11-18(19)16(3)27-20)21(14-17)28-23(4,5)29-30(24,25)26/h10-14H,3,6-9H2,1-2,4-5H3,(H2,24,25,26). The van der Waals surface area contributed by atoms with Crippen molar-refractivity contribution in [3.05, 3.63) is 53.6 Å². The lowest BCUT2D eigenvalue weighted by Gasteiger charge is -2.31. The van der Waals surface area contributed by atoms with Gasteiger partial charge in [0, 0.05) is 25.0 Å². The summed E-state index contributed by atoms with van der Waals surface area (Å²) in [5.74, 6) is 0.0820. The summed E-state index contributed by atoms with van der Waals surface area (Å²) in [5, 5.41) is 0. The van der Waals surface area contributed by atoms with E-state index >= 15 is 0 Å². The van der Waals surface area contributed by atoms with E-state index in [4.69, 9.17) is 14.0 Å². The number of unbranched alkanes of at least 4 members (excludes halogenated alkanes) is 2. The lowest BCUT2D eigenvalue weighted by Crippen LogP contribution is -2.31. The maximum Gasteiger partial charge on any atom is 0.472 e. The number of aryl methyl sites for hydroxylation is 2. The normalized spacial score (nSPS) is 13.5. The molecule has 0 spiro atoms. The highest BCUT2D eigenvalue weighted by atomic mass is 31.2. The second-order valence-electron chi connectivity index (χ2n) is 8.08. The summed E-state index contributed by atoms with van der Waals surface area (Å²) in [6.07, 6.45) is 4.08. The second-order valence-corrected chi connectivity index (χ2v) is 9.25. The van der Waals surface area contributed by atoms with Crippen molar-refractivity contribution in [1.82, 2.24) is 0 Å². The van der Waals surface area contributed by atoms with Crippen LogP contribution in [0.1, 0.15) is 56.7 Å². The van der Waals surface area contributed by atoms with Gasteiger partial charge in [0.15, 0.2) is 0 Å². The summed E-state index contributed by atoms with van der Waals surface area (Å²) in [5.41, 5.74) is 4.57. The SMILES string of the molecule is C=C1Oc2cc(CCCCC)cc(OC(C)(C)OP(=O)(O)O)c2-c2cc(C)ccc21. The maximum absolute atomic E-state index is 11.4. The number of hydrogen-bond acceptors (Lipinski definition) is 4. The van der Waals surface area contributed by atoms with Gasteiger partial charge in [-0.3, -0.25) is 0 Å². The van der Waals surface area contributed by atoms with E-state index in [1.807, 2.05) is 37.3 Å². The number of ether oxygens (including phenoxy) is 2. The molecule has 0 amide bonds. The van der Waals surface area contributed by atoms with Crippen LogP contribution in [0.25, 0.3) is 16.9 Å². The molecule has 3 rings (SSSR count). The Morgan fingerprint density at radius 3 is 2.53 bits per heavy atom. The van der Waals surface area contributed by atoms with Gasteiger partial charge in [-0.2, -0.15) is 0 Å². The third-order valence-corrected chi connectivity index (χ3v) is 5.54. The molecule has 0 bridgehead atoms. The molecule has 6 nitrogen and oxygen atoms in total. The smallest absolute Gasteiger partial charge is 0.462 e. The number of phosphoric ester groups is 1. The predicted octanol–water partition coefficient (Wildman–Crippen LogP) is 5.98. The highest BCUT2D eigenvalue weighted by Gasteiger charge is 2.34. The molecule has 2 N–H and O–H groups in total. The first-order valence-electron chi connectivity index (χ1n) is 10.1. The van der Waals surface area contributed by atoms with E-state index in [0.29, 0.717) is 17.3 Å². The first-order chi connectivity index (χ1) is 14.0. The Bertz CT molecular complexity index is 1000. The quantitative estimate of drug-likeness (QED) is 0.303. The third kappa shape index (κ3) is 5.32. The van der Waals surface area contributed by atoms with Crippen LogP contribution in [0.2, 0.25) is 0 Å². The van der Waals surface area contributed by atoms with E-state index in [9.17, 15) is 14.4 Å². The summed E-state index contributed by atoms with van der Waals surface area (Å²) in [6.45, 7) is 11.1. The van der Waals surface area contributed by atoms with E-state index in [0.717, 1.165) is 53.5 Å². The molecular formula is C23H29O6P. The van der Waals surface area contributed by atoms with Crippen molar-refractivity contribution in [3.63, 3.8) is 0 Å². The molecule has 0 radical (unpaired) electrons. The zero-order chi connectivity index (χ0) is 22.1. The first-order valence-corrected chi connectivity index (χ1v) is 11.6. The van der Waals surface area contributed by atoms with E-state index in [-0.39, 0.29) is 0 Å². The molecule has 1 aliphatic rings. The van der Waals surface area contributed by atoms with Crippen LogP contribution in [-0.2, 0) is 15.5 Å². The van der Waals surface area contributed by atoms with Crippen molar-refractivity contribution >= 4 is 13.6 Å². The summed E-state index contributed by atoms with van der Waals surface area (Å²) in [4.78, 5) is 18.5. The Balaban J connectivity index is 2.12. The highest BCUT2D eigenvalue weighted by Crippen LogP contribution is 2.50. The number of phosphoric acid groups is 1. The zero-order valence-corrected chi connectivity index (χ0v) is 18.8. The largest absolute Gasteiger partial charge is 0.472 e. The van der Waals surface area contributed by atoms with E-state index in [1.165, 1.54) is 13.8 Å². The molecule has 1 heterocycles. The molecule has 0 atom stereocenters. The fourth-order valence-electron chi connectivity index (χ4n) is 3.66. The molecule has 0 saturated carbocycles. The van der Waals surface area contributed by atoms with Crippen LogP contribution in [0, 0.1) is 6.92 Å². The van der Waals surface area contributed by atoms with Gasteiger partial charge in [0.05, 0.1) is 5.56 Å². The Hall–Kier alpha value is -2.11. The average molecular weight is 432 g/mol. The van der Waals surface area contributed by atoms with E-state index in [2.05, 4.69) is 13.5 Å². The molecule has 0 unspecified atom stereocenters. The van der Waals surface area contributed by atoms with Gasteiger partial charge in [0.1, 0.15) is 17.3 Å². The lowest BCUT2D eigenvalue weighted by atomic mass is 9.91. The fraction of sp³-hybridized carbons (Fsp3) is 0.391. The maximum atomic E-state index is 11.4.